The molecule has 3 heteroatoms. The third-order valence-electron chi connectivity index (χ3n) is 8.95. The van der Waals surface area contributed by atoms with E-state index >= 15 is 0 Å². The number of carbonyl (C=O) groups is 2. The normalized spacial score (nSPS) is 53.0. The molecule has 4 fully saturated rings. The van der Waals surface area contributed by atoms with Gasteiger partial charge in [-0.1, -0.05) is 20.3 Å². The van der Waals surface area contributed by atoms with E-state index in [1.807, 2.05) is 0 Å². The van der Waals surface area contributed by atoms with Crippen molar-refractivity contribution in [2.75, 3.05) is 7.11 Å². The molecule has 4 aliphatic carbocycles. The van der Waals surface area contributed by atoms with Gasteiger partial charge in [0.2, 0.25) is 0 Å². The van der Waals surface area contributed by atoms with Crippen molar-refractivity contribution in [3.05, 3.63) is 0 Å². The van der Waals surface area contributed by atoms with Crippen LogP contribution in [0.4, 0.5) is 0 Å². The summed E-state index contributed by atoms with van der Waals surface area (Å²) in [4.78, 5) is 24.2. The highest BCUT2D eigenvalue weighted by atomic mass is 16.5. The minimum Gasteiger partial charge on any atom is -0.469 e. The molecule has 4 aliphatic rings. The Morgan fingerprint density at radius 1 is 1.04 bits per heavy atom. The van der Waals surface area contributed by atoms with Crippen molar-refractivity contribution in [1.29, 1.82) is 0 Å². The smallest absolute Gasteiger partial charge is 0.308 e. The van der Waals surface area contributed by atoms with Gasteiger partial charge >= 0.3 is 5.97 Å². The third kappa shape index (κ3) is 2.02. The van der Waals surface area contributed by atoms with Crippen LogP contribution >= 0.6 is 0 Å². The SMILES string of the molecule is COC(=O)[C@H]1C[C@@]23CCC4[C@@](C)(CCC[C@@]4(C)C=O)C2CC[C@@H]1C3. The van der Waals surface area contributed by atoms with E-state index in [0.29, 0.717) is 23.2 Å². The number of ether oxygens (including phenoxy) is 1. The first-order valence-corrected chi connectivity index (χ1v) is 9.93. The van der Waals surface area contributed by atoms with Gasteiger partial charge in [0.1, 0.15) is 6.29 Å². The average Bonchev–Trinajstić information content (AvgIpc) is 2.84. The highest BCUT2D eigenvalue weighted by Gasteiger charge is 2.65. The van der Waals surface area contributed by atoms with Gasteiger partial charge in [-0.15, -0.1) is 0 Å². The van der Waals surface area contributed by atoms with Crippen LogP contribution in [-0.4, -0.2) is 19.4 Å². The van der Waals surface area contributed by atoms with Crippen LogP contribution in [0.1, 0.15) is 71.6 Å². The van der Waals surface area contributed by atoms with Crippen LogP contribution in [0.15, 0.2) is 0 Å². The van der Waals surface area contributed by atoms with Crippen LogP contribution in [0, 0.1) is 39.9 Å². The topological polar surface area (TPSA) is 43.4 Å². The Bertz CT molecular complexity index is 557. The number of aldehydes is 1. The van der Waals surface area contributed by atoms with Gasteiger partial charge in [-0.25, -0.2) is 0 Å². The second-order valence-corrected chi connectivity index (χ2v) is 9.86. The molecule has 0 aliphatic heterocycles. The monoisotopic (exact) mass is 332 g/mol. The fourth-order valence-corrected chi connectivity index (χ4v) is 8.06. The zero-order valence-corrected chi connectivity index (χ0v) is 15.5. The molecule has 0 aromatic carbocycles. The number of carbonyl (C=O) groups excluding carboxylic acids is 2. The minimum absolute atomic E-state index is 0.0196. The van der Waals surface area contributed by atoms with E-state index in [1.165, 1.54) is 58.3 Å². The van der Waals surface area contributed by atoms with E-state index in [2.05, 4.69) is 13.8 Å². The molecule has 24 heavy (non-hydrogen) atoms. The number of esters is 1. The zero-order chi connectivity index (χ0) is 17.2. The molecule has 0 aromatic heterocycles. The summed E-state index contributed by atoms with van der Waals surface area (Å²) in [7, 11) is 1.54. The van der Waals surface area contributed by atoms with Gasteiger partial charge in [-0.3, -0.25) is 4.79 Å². The summed E-state index contributed by atoms with van der Waals surface area (Å²) in [6, 6.07) is 0. The van der Waals surface area contributed by atoms with Gasteiger partial charge in [0, 0.05) is 5.41 Å². The Morgan fingerprint density at radius 3 is 2.54 bits per heavy atom. The predicted molar refractivity (Wildman–Crippen MR) is 92.2 cm³/mol. The maximum absolute atomic E-state index is 12.3. The van der Waals surface area contributed by atoms with E-state index in [4.69, 9.17) is 4.74 Å². The second kappa shape index (κ2) is 5.32. The van der Waals surface area contributed by atoms with Crippen molar-refractivity contribution >= 4 is 12.3 Å². The summed E-state index contributed by atoms with van der Waals surface area (Å²) in [5, 5.41) is 0. The molecule has 2 bridgehead atoms. The molecule has 0 heterocycles. The van der Waals surface area contributed by atoms with Gasteiger partial charge in [0.25, 0.3) is 0 Å². The van der Waals surface area contributed by atoms with Crippen molar-refractivity contribution < 1.29 is 14.3 Å². The summed E-state index contributed by atoms with van der Waals surface area (Å²) in [5.41, 5.74) is 0.488. The maximum atomic E-state index is 12.3. The van der Waals surface area contributed by atoms with E-state index in [0.717, 1.165) is 12.8 Å². The Balaban J connectivity index is 1.68. The number of hydrogen-bond acceptors (Lipinski definition) is 3. The summed E-state index contributed by atoms with van der Waals surface area (Å²) in [5.74, 6) is 1.90. The molecule has 0 radical (unpaired) electrons. The van der Waals surface area contributed by atoms with Crippen molar-refractivity contribution in [1.82, 2.24) is 0 Å². The molecular formula is C21H32O3. The van der Waals surface area contributed by atoms with Gasteiger partial charge in [-0.05, 0) is 80.0 Å². The Morgan fingerprint density at radius 2 is 1.83 bits per heavy atom. The molecule has 0 aromatic rings. The lowest BCUT2D eigenvalue weighted by Gasteiger charge is -2.63. The molecular weight excluding hydrogens is 300 g/mol. The van der Waals surface area contributed by atoms with Crippen molar-refractivity contribution in [2.45, 2.75) is 71.6 Å². The fraction of sp³-hybridized carbons (Fsp3) is 0.905. The molecule has 7 atom stereocenters. The van der Waals surface area contributed by atoms with Gasteiger partial charge < -0.3 is 9.53 Å². The fourth-order valence-electron chi connectivity index (χ4n) is 8.06. The van der Waals surface area contributed by atoms with Crippen LogP contribution in [0.25, 0.3) is 0 Å². The van der Waals surface area contributed by atoms with Crippen molar-refractivity contribution in [3.63, 3.8) is 0 Å². The molecule has 134 valence electrons. The Hall–Kier alpha value is -0.860. The molecule has 0 N–H and O–H groups in total. The van der Waals surface area contributed by atoms with Crippen LogP contribution in [0.2, 0.25) is 0 Å². The lowest BCUT2D eigenvalue weighted by Crippen LogP contribution is -2.56. The largest absolute Gasteiger partial charge is 0.469 e. The first kappa shape index (κ1) is 16.6. The van der Waals surface area contributed by atoms with Crippen LogP contribution in [0.5, 0.6) is 0 Å². The van der Waals surface area contributed by atoms with Gasteiger partial charge in [-0.2, -0.15) is 0 Å². The minimum atomic E-state index is -0.133. The predicted octanol–water partition coefficient (Wildman–Crippen LogP) is 4.39. The Labute approximate surface area is 145 Å². The zero-order valence-electron chi connectivity index (χ0n) is 15.5. The van der Waals surface area contributed by atoms with Gasteiger partial charge in [0.05, 0.1) is 13.0 Å². The van der Waals surface area contributed by atoms with E-state index < -0.39 is 0 Å². The van der Waals surface area contributed by atoms with Crippen molar-refractivity contribution in [2.24, 2.45) is 39.9 Å². The van der Waals surface area contributed by atoms with E-state index in [1.54, 1.807) is 0 Å². The van der Waals surface area contributed by atoms with Crippen LogP contribution in [0.3, 0.4) is 0 Å². The number of fused-ring (bicyclic) bond motifs is 3. The standard InChI is InChI=1S/C21H32O3/c1-19(13-22)8-4-9-20(2)16(19)7-10-21-11-14(5-6-17(20)21)15(12-21)18(23)24-3/h13-17H,4-12H2,1-3H3/t14-,15+,16?,17?,19+,20-,21+/m1/s1. The number of methoxy groups -OCH3 is 1. The highest BCUT2D eigenvalue weighted by molar-refractivity contribution is 5.73. The van der Waals surface area contributed by atoms with Crippen molar-refractivity contribution in [3.8, 4) is 0 Å². The highest BCUT2D eigenvalue weighted by Crippen LogP contribution is 2.72. The summed E-state index contributed by atoms with van der Waals surface area (Å²) >= 11 is 0. The first-order chi connectivity index (χ1) is 11.4. The Kier molecular flexibility index (Phi) is 3.68. The van der Waals surface area contributed by atoms with Gasteiger partial charge in [0.15, 0.2) is 0 Å². The molecule has 4 rings (SSSR count). The van der Waals surface area contributed by atoms with Crippen LogP contribution < -0.4 is 0 Å². The van der Waals surface area contributed by atoms with E-state index in [9.17, 15) is 9.59 Å². The molecule has 0 saturated heterocycles. The molecule has 0 amide bonds. The lowest BCUT2D eigenvalue weighted by molar-refractivity contribution is -0.157. The quantitative estimate of drug-likeness (QED) is 0.556. The summed E-state index contributed by atoms with van der Waals surface area (Å²) < 4.78 is 5.12. The second-order valence-electron chi connectivity index (χ2n) is 9.86. The molecule has 3 nitrogen and oxygen atoms in total. The lowest BCUT2D eigenvalue weighted by atomic mass is 9.41. The summed E-state index contributed by atoms with van der Waals surface area (Å²) in [6.45, 7) is 4.69. The first-order valence-electron chi connectivity index (χ1n) is 9.93. The van der Waals surface area contributed by atoms with Crippen LogP contribution in [-0.2, 0) is 14.3 Å². The number of rotatable bonds is 2. The van der Waals surface area contributed by atoms with E-state index in [-0.39, 0.29) is 22.7 Å². The molecule has 1 spiro atoms. The third-order valence-corrected chi connectivity index (χ3v) is 8.95. The molecule has 4 saturated carbocycles. The maximum Gasteiger partial charge on any atom is 0.308 e. The average molecular weight is 332 g/mol. The summed E-state index contributed by atoms with van der Waals surface area (Å²) in [6.07, 6.45) is 11.8. The molecule has 2 unspecified atom stereocenters. The number of hydrogen-bond donors (Lipinski definition) is 0.